The molecule has 0 aliphatic carbocycles. The zero-order valence-electron chi connectivity index (χ0n) is 6.24. The van der Waals surface area contributed by atoms with Gasteiger partial charge < -0.3 is 30.3 Å². The van der Waals surface area contributed by atoms with Crippen molar-refractivity contribution in [2.45, 2.75) is 30.7 Å². The van der Waals surface area contributed by atoms with E-state index in [4.69, 9.17) is 25.5 Å². The number of rotatable bonds is 0. The summed E-state index contributed by atoms with van der Waals surface area (Å²) < 4.78 is 4.50. The summed E-state index contributed by atoms with van der Waals surface area (Å²) in [4.78, 5) is 0. The van der Waals surface area contributed by atoms with Crippen molar-refractivity contribution in [1.82, 2.24) is 0 Å². The summed E-state index contributed by atoms with van der Waals surface area (Å²) in [5.74, 6) is 0. The first kappa shape index (κ1) is 9.85. The largest absolute Gasteiger partial charge is 0.388 e. The van der Waals surface area contributed by atoms with E-state index < -0.39 is 30.7 Å². The Balaban J connectivity index is 2.68. The Labute approximate surface area is 68.6 Å². The second kappa shape index (κ2) is 3.65. The highest BCUT2D eigenvalue weighted by Gasteiger charge is 2.38. The van der Waals surface area contributed by atoms with E-state index in [9.17, 15) is 0 Å². The van der Waals surface area contributed by atoms with Gasteiger partial charge in [0.2, 0.25) is 0 Å². The molecule has 0 amide bonds. The summed E-state index contributed by atoms with van der Waals surface area (Å²) in [5.41, 5.74) is 0. The molecule has 1 rings (SSSR count). The minimum atomic E-state index is -1.60. The molecule has 0 aromatic heterocycles. The van der Waals surface area contributed by atoms with E-state index in [0.29, 0.717) is 0 Å². The van der Waals surface area contributed by atoms with Crippen molar-refractivity contribution >= 4 is 0 Å². The molecule has 1 saturated heterocycles. The van der Waals surface area contributed by atoms with Crippen LogP contribution in [0.2, 0.25) is 0 Å². The fraction of sp³-hybridized carbons (Fsp3) is 1.00. The molecule has 1 aliphatic heterocycles. The van der Waals surface area contributed by atoms with Crippen molar-refractivity contribution in [1.29, 1.82) is 0 Å². The van der Waals surface area contributed by atoms with Gasteiger partial charge in [0, 0.05) is 0 Å². The number of hydrogen-bond donors (Lipinski definition) is 5. The molecule has 5 N–H and O–H groups in total. The van der Waals surface area contributed by atoms with E-state index in [0.717, 1.165) is 0 Å². The maximum Gasteiger partial charge on any atom is 0.183 e. The average Bonchev–Trinajstić information content (AvgIpc) is 2.14. The fourth-order valence-electron chi connectivity index (χ4n) is 0.993. The van der Waals surface area contributed by atoms with E-state index in [1.54, 1.807) is 0 Å². The lowest BCUT2D eigenvalue weighted by Gasteiger charge is -2.22. The van der Waals surface area contributed by atoms with Gasteiger partial charge in [-0.15, -0.1) is 0 Å². The molecule has 5 atom stereocenters. The van der Waals surface area contributed by atoms with E-state index in [-0.39, 0.29) is 6.61 Å². The van der Waals surface area contributed by atoms with Crippen LogP contribution in [0.1, 0.15) is 0 Å². The Morgan fingerprint density at radius 1 is 0.833 bits per heavy atom. The summed E-state index contributed by atoms with van der Waals surface area (Å²) in [6, 6.07) is 0. The van der Waals surface area contributed by atoms with Crippen molar-refractivity contribution in [2.24, 2.45) is 0 Å². The van der Waals surface area contributed by atoms with Gasteiger partial charge in [-0.3, -0.25) is 0 Å². The van der Waals surface area contributed by atoms with Crippen LogP contribution in [0.25, 0.3) is 0 Å². The average molecular weight is 180 g/mol. The van der Waals surface area contributed by atoms with Gasteiger partial charge >= 0.3 is 0 Å². The van der Waals surface area contributed by atoms with Crippen LogP contribution in [0.4, 0.5) is 0 Å². The molecule has 6 nitrogen and oxygen atoms in total. The first-order chi connectivity index (χ1) is 5.54. The molecule has 0 radical (unpaired) electrons. The Morgan fingerprint density at radius 3 is 2.00 bits per heavy atom. The molecule has 0 aromatic carbocycles. The number of hydrogen-bond acceptors (Lipinski definition) is 6. The van der Waals surface area contributed by atoms with Crippen molar-refractivity contribution < 1.29 is 30.3 Å². The maximum atomic E-state index is 9.07. The number of ether oxygens (including phenoxy) is 1. The first-order valence-electron chi connectivity index (χ1n) is 3.56. The third kappa shape index (κ3) is 1.74. The van der Waals surface area contributed by atoms with Gasteiger partial charge in [0.15, 0.2) is 6.29 Å². The summed E-state index contributed by atoms with van der Waals surface area (Å²) in [6.45, 7) is -0.323. The summed E-state index contributed by atoms with van der Waals surface area (Å²) >= 11 is 0. The molecule has 0 aromatic rings. The SMILES string of the molecule is O[C@@H]1[C@@H](O)[C@H](O)CO[C@H](O)[C@H]1O. The van der Waals surface area contributed by atoms with Gasteiger partial charge in [0.25, 0.3) is 0 Å². The molecular weight excluding hydrogens is 168 g/mol. The minimum Gasteiger partial charge on any atom is -0.388 e. The van der Waals surface area contributed by atoms with Crippen molar-refractivity contribution in [3.05, 3.63) is 0 Å². The van der Waals surface area contributed by atoms with Gasteiger partial charge in [0.05, 0.1) is 6.61 Å². The number of aliphatic hydroxyl groups is 5. The lowest BCUT2D eigenvalue weighted by Crippen LogP contribution is -2.46. The second-order valence-corrected chi connectivity index (χ2v) is 2.76. The topological polar surface area (TPSA) is 110 Å². The molecule has 6 heteroatoms. The predicted molar refractivity (Wildman–Crippen MR) is 36.0 cm³/mol. The monoisotopic (exact) mass is 180 g/mol. The normalized spacial score (nSPS) is 50.2. The van der Waals surface area contributed by atoms with E-state index >= 15 is 0 Å². The number of aliphatic hydroxyl groups excluding tert-OH is 5. The van der Waals surface area contributed by atoms with Crippen molar-refractivity contribution in [3.63, 3.8) is 0 Å². The molecule has 0 bridgehead atoms. The van der Waals surface area contributed by atoms with Crippen LogP contribution in [-0.4, -0.2) is 62.8 Å². The van der Waals surface area contributed by atoms with Gasteiger partial charge in [-0.1, -0.05) is 0 Å². The quantitative estimate of drug-likeness (QED) is 0.268. The highest BCUT2D eigenvalue weighted by molar-refractivity contribution is 4.85. The zero-order chi connectivity index (χ0) is 9.30. The smallest absolute Gasteiger partial charge is 0.183 e. The predicted octanol–water partition coefficient (Wildman–Crippen LogP) is -3.22. The molecule has 0 spiro atoms. The highest BCUT2D eigenvalue weighted by Crippen LogP contribution is 2.14. The molecule has 12 heavy (non-hydrogen) atoms. The molecule has 1 heterocycles. The fourth-order valence-corrected chi connectivity index (χ4v) is 0.993. The van der Waals surface area contributed by atoms with Crippen LogP contribution in [0.15, 0.2) is 0 Å². The van der Waals surface area contributed by atoms with E-state index in [2.05, 4.69) is 4.74 Å². The van der Waals surface area contributed by atoms with Crippen molar-refractivity contribution in [2.75, 3.05) is 6.61 Å². The third-order valence-electron chi connectivity index (χ3n) is 1.82. The Hall–Kier alpha value is -0.240. The van der Waals surface area contributed by atoms with Crippen LogP contribution in [-0.2, 0) is 4.74 Å². The summed E-state index contributed by atoms with van der Waals surface area (Å²) in [7, 11) is 0. The standard InChI is InChI=1S/C6H12O6/c7-2-1-12-6(11)5(10)4(9)3(2)8/h2-11H,1H2/t2-,3+,4-,5+,6+/m1/s1. The molecule has 72 valence electrons. The molecule has 0 saturated carbocycles. The maximum absolute atomic E-state index is 9.07. The summed E-state index contributed by atoms with van der Waals surface area (Å²) in [5, 5.41) is 45.1. The van der Waals surface area contributed by atoms with Gasteiger partial charge in [-0.05, 0) is 0 Å². The molecule has 0 unspecified atom stereocenters. The van der Waals surface area contributed by atoms with Crippen molar-refractivity contribution in [3.8, 4) is 0 Å². The van der Waals surface area contributed by atoms with Gasteiger partial charge in [0.1, 0.15) is 24.4 Å². The molecular formula is C6H12O6. The van der Waals surface area contributed by atoms with Crippen LogP contribution in [0, 0.1) is 0 Å². The highest BCUT2D eigenvalue weighted by atomic mass is 16.6. The Bertz CT molecular complexity index is 135. The van der Waals surface area contributed by atoms with E-state index in [1.165, 1.54) is 0 Å². The second-order valence-electron chi connectivity index (χ2n) is 2.76. The van der Waals surface area contributed by atoms with Crippen LogP contribution in [0.3, 0.4) is 0 Å². The van der Waals surface area contributed by atoms with Gasteiger partial charge in [-0.25, -0.2) is 0 Å². The van der Waals surface area contributed by atoms with E-state index in [1.807, 2.05) is 0 Å². The Morgan fingerprint density at radius 2 is 1.42 bits per heavy atom. The van der Waals surface area contributed by atoms with Crippen LogP contribution >= 0.6 is 0 Å². The Kier molecular flexibility index (Phi) is 2.99. The van der Waals surface area contributed by atoms with Gasteiger partial charge in [-0.2, -0.15) is 0 Å². The zero-order valence-corrected chi connectivity index (χ0v) is 6.24. The molecule has 1 fully saturated rings. The lowest BCUT2D eigenvalue weighted by atomic mass is 10.0. The van der Waals surface area contributed by atoms with Crippen LogP contribution in [0.5, 0.6) is 0 Å². The summed E-state index contributed by atoms with van der Waals surface area (Å²) in [6.07, 6.45) is -7.58. The van der Waals surface area contributed by atoms with Crippen LogP contribution < -0.4 is 0 Å². The first-order valence-corrected chi connectivity index (χ1v) is 3.56. The molecule has 1 aliphatic rings. The lowest BCUT2D eigenvalue weighted by molar-refractivity contribution is -0.181. The third-order valence-corrected chi connectivity index (χ3v) is 1.82. The minimum absolute atomic E-state index is 0.323.